The highest BCUT2D eigenvalue weighted by Gasteiger charge is 1.98. The molecule has 0 fully saturated rings. The molecule has 3 N–H and O–H groups in total. The Morgan fingerprint density at radius 1 is 1.38 bits per heavy atom. The highest BCUT2D eigenvalue weighted by molar-refractivity contribution is 7.87. The summed E-state index contributed by atoms with van der Waals surface area (Å²) >= 11 is 0. The Kier molecular flexibility index (Phi) is 2.64. The molecule has 0 heterocycles. The van der Waals surface area contributed by atoms with Gasteiger partial charge in [0.15, 0.2) is 0 Å². The number of nitrogens with zero attached hydrogens (tertiary/aromatic N) is 1. The molecule has 13 heavy (non-hydrogen) atoms. The van der Waals surface area contributed by atoms with Crippen LogP contribution in [0.15, 0.2) is 28.7 Å². The van der Waals surface area contributed by atoms with E-state index in [1.54, 1.807) is 12.1 Å². The Bertz CT molecular complexity index is 425. The van der Waals surface area contributed by atoms with Gasteiger partial charge in [-0.25, -0.2) is 5.14 Å². The molecule has 1 aromatic carbocycles. The van der Waals surface area contributed by atoms with Crippen molar-refractivity contribution in [3.8, 4) is 5.75 Å². The van der Waals surface area contributed by atoms with Crippen LogP contribution in [-0.4, -0.2) is 19.7 Å². The van der Waals surface area contributed by atoms with E-state index >= 15 is 0 Å². The summed E-state index contributed by atoms with van der Waals surface area (Å²) in [5, 5.41) is 13.8. The average Bonchev–Trinajstić information content (AvgIpc) is 2.01. The minimum atomic E-state index is -3.88. The standard InChI is InChI=1S/C7H8N2O3S/c8-13(11,12)9-5-6-3-1-2-4-7(6)10/h1-5,10H,(H2,8,11,12)/b9-5+. The van der Waals surface area contributed by atoms with Crippen LogP contribution >= 0.6 is 0 Å². The van der Waals surface area contributed by atoms with Gasteiger partial charge in [-0.3, -0.25) is 0 Å². The highest BCUT2D eigenvalue weighted by Crippen LogP contribution is 2.12. The zero-order valence-corrected chi connectivity index (χ0v) is 7.40. The van der Waals surface area contributed by atoms with E-state index in [2.05, 4.69) is 9.54 Å². The van der Waals surface area contributed by atoms with E-state index in [-0.39, 0.29) is 5.75 Å². The lowest BCUT2D eigenvalue weighted by atomic mass is 10.2. The predicted octanol–water partition coefficient (Wildman–Crippen LogP) is 0.0146. The SMILES string of the molecule is NS(=O)(=O)/N=C/c1ccccc1O. The van der Waals surface area contributed by atoms with Gasteiger partial charge < -0.3 is 5.11 Å². The second-order valence-corrected chi connectivity index (χ2v) is 3.55. The number of hydrogen-bond donors (Lipinski definition) is 2. The van der Waals surface area contributed by atoms with Crippen molar-refractivity contribution < 1.29 is 13.5 Å². The first-order valence-corrected chi connectivity index (χ1v) is 4.85. The molecule has 0 unspecified atom stereocenters. The Morgan fingerprint density at radius 2 is 2.00 bits per heavy atom. The molecule has 0 spiro atoms. The van der Waals surface area contributed by atoms with Gasteiger partial charge in [0.25, 0.3) is 0 Å². The van der Waals surface area contributed by atoms with Crippen LogP contribution in [0, 0.1) is 0 Å². The van der Waals surface area contributed by atoms with E-state index in [1.807, 2.05) is 0 Å². The first kappa shape index (κ1) is 9.69. The van der Waals surface area contributed by atoms with E-state index < -0.39 is 10.2 Å². The van der Waals surface area contributed by atoms with Crippen molar-refractivity contribution >= 4 is 16.4 Å². The van der Waals surface area contributed by atoms with Crippen LogP contribution in [0.3, 0.4) is 0 Å². The lowest BCUT2D eigenvalue weighted by Gasteiger charge is -1.95. The Labute approximate surface area is 75.7 Å². The summed E-state index contributed by atoms with van der Waals surface area (Å²) in [5.74, 6) is -0.0464. The average molecular weight is 200 g/mol. The molecule has 1 rings (SSSR count). The van der Waals surface area contributed by atoms with Gasteiger partial charge in [0.05, 0.1) is 6.21 Å². The van der Waals surface area contributed by atoms with Crippen molar-refractivity contribution in [1.82, 2.24) is 0 Å². The van der Waals surface area contributed by atoms with Gasteiger partial charge in [-0.05, 0) is 12.1 Å². The number of phenols is 1. The van der Waals surface area contributed by atoms with Crippen molar-refractivity contribution in [2.75, 3.05) is 0 Å². The van der Waals surface area contributed by atoms with Gasteiger partial charge in [-0.1, -0.05) is 12.1 Å². The molecular weight excluding hydrogens is 192 g/mol. The zero-order valence-electron chi connectivity index (χ0n) is 6.58. The summed E-state index contributed by atoms with van der Waals surface area (Å²) in [6.07, 6.45) is 0.991. The van der Waals surface area contributed by atoms with Crippen molar-refractivity contribution in [1.29, 1.82) is 0 Å². The molecule has 0 aliphatic carbocycles. The van der Waals surface area contributed by atoms with E-state index in [0.29, 0.717) is 5.56 Å². The number of phenolic OH excluding ortho intramolecular Hbond substituents is 1. The third kappa shape index (κ3) is 3.22. The van der Waals surface area contributed by atoms with Crippen molar-refractivity contribution in [2.24, 2.45) is 9.54 Å². The molecule has 0 aliphatic heterocycles. The van der Waals surface area contributed by atoms with E-state index in [4.69, 9.17) is 0 Å². The van der Waals surface area contributed by atoms with Gasteiger partial charge in [0.1, 0.15) is 5.75 Å². The number of para-hydroxylation sites is 1. The van der Waals surface area contributed by atoms with E-state index in [9.17, 15) is 13.5 Å². The molecule has 0 amide bonds. The molecule has 0 bridgehead atoms. The maximum absolute atomic E-state index is 10.4. The number of rotatable bonds is 2. The lowest BCUT2D eigenvalue weighted by Crippen LogP contribution is -2.07. The fraction of sp³-hybridized carbons (Fsp3) is 0. The topological polar surface area (TPSA) is 92.8 Å². The van der Waals surface area contributed by atoms with Crippen LogP contribution in [-0.2, 0) is 10.2 Å². The van der Waals surface area contributed by atoms with Crippen molar-refractivity contribution in [3.05, 3.63) is 29.8 Å². The maximum atomic E-state index is 10.4. The van der Waals surface area contributed by atoms with Crippen LogP contribution in [0.1, 0.15) is 5.56 Å². The number of aromatic hydroxyl groups is 1. The summed E-state index contributed by atoms with van der Waals surface area (Å²) in [6.45, 7) is 0. The van der Waals surface area contributed by atoms with E-state index in [0.717, 1.165) is 6.21 Å². The largest absolute Gasteiger partial charge is 0.507 e. The Morgan fingerprint density at radius 3 is 2.54 bits per heavy atom. The molecule has 1 aromatic rings. The molecule has 0 saturated carbocycles. The van der Waals surface area contributed by atoms with Gasteiger partial charge in [-0.15, -0.1) is 0 Å². The maximum Gasteiger partial charge on any atom is 0.317 e. The molecule has 0 radical (unpaired) electrons. The Hall–Kier alpha value is -1.40. The minimum absolute atomic E-state index is 0.0464. The second kappa shape index (κ2) is 3.55. The highest BCUT2D eigenvalue weighted by atomic mass is 32.2. The Balaban J connectivity index is 3.00. The fourth-order valence-electron chi connectivity index (χ4n) is 0.727. The van der Waals surface area contributed by atoms with Crippen molar-refractivity contribution in [2.45, 2.75) is 0 Å². The van der Waals surface area contributed by atoms with E-state index in [1.165, 1.54) is 12.1 Å². The van der Waals surface area contributed by atoms with Gasteiger partial charge >= 0.3 is 10.2 Å². The summed E-state index contributed by atoms with van der Waals surface area (Å²) in [4.78, 5) is 0. The molecule has 0 aliphatic rings. The second-order valence-electron chi connectivity index (χ2n) is 2.31. The molecule has 70 valence electrons. The third-order valence-corrected chi connectivity index (χ3v) is 1.67. The third-order valence-electron chi connectivity index (χ3n) is 1.28. The van der Waals surface area contributed by atoms with Crippen LogP contribution < -0.4 is 5.14 Å². The molecule has 0 saturated heterocycles. The lowest BCUT2D eigenvalue weighted by molar-refractivity contribution is 0.474. The quantitative estimate of drug-likeness (QED) is 0.659. The number of benzene rings is 1. The van der Waals surface area contributed by atoms with Crippen LogP contribution in [0.25, 0.3) is 0 Å². The first-order valence-electron chi connectivity index (χ1n) is 3.35. The number of hydrogen-bond acceptors (Lipinski definition) is 3. The smallest absolute Gasteiger partial charge is 0.317 e. The van der Waals surface area contributed by atoms with Gasteiger partial charge in [0.2, 0.25) is 0 Å². The summed E-state index contributed by atoms with van der Waals surface area (Å²) in [6, 6.07) is 6.20. The predicted molar refractivity (Wildman–Crippen MR) is 48.8 cm³/mol. The molecule has 6 heteroatoms. The minimum Gasteiger partial charge on any atom is -0.507 e. The summed E-state index contributed by atoms with van der Waals surface area (Å²) in [7, 11) is -3.88. The van der Waals surface area contributed by atoms with Crippen LogP contribution in [0.5, 0.6) is 5.75 Å². The monoisotopic (exact) mass is 200 g/mol. The van der Waals surface area contributed by atoms with Gasteiger partial charge in [0, 0.05) is 5.56 Å². The molecule has 0 atom stereocenters. The number of nitrogens with two attached hydrogens (primary N) is 1. The first-order chi connectivity index (χ1) is 5.99. The summed E-state index contributed by atoms with van der Waals surface area (Å²) in [5.41, 5.74) is 0.302. The van der Waals surface area contributed by atoms with Crippen LogP contribution in [0.2, 0.25) is 0 Å². The van der Waals surface area contributed by atoms with Crippen molar-refractivity contribution in [3.63, 3.8) is 0 Å². The normalized spacial score (nSPS) is 12.1. The summed E-state index contributed by atoms with van der Waals surface area (Å²) < 4.78 is 23.9. The van der Waals surface area contributed by atoms with Gasteiger partial charge in [-0.2, -0.15) is 12.8 Å². The molecule has 0 aromatic heterocycles. The molecular formula is C7H8N2O3S. The zero-order chi connectivity index (χ0) is 9.90. The van der Waals surface area contributed by atoms with Crippen LogP contribution in [0.4, 0.5) is 0 Å². The molecule has 5 nitrogen and oxygen atoms in total. The fourth-order valence-corrected chi connectivity index (χ4v) is 0.987.